The summed E-state index contributed by atoms with van der Waals surface area (Å²) in [7, 11) is 0. The van der Waals surface area contributed by atoms with Crippen LogP contribution in [-0.2, 0) is 0 Å². The zero-order chi connectivity index (χ0) is 15.7. The molecule has 2 aromatic rings. The molecule has 1 heterocycles. The molecule has 22 heavy (non-hydrogen) atoms. The first-order chi connectivity index (χ1) is 10.4. The highest BCUT2D eigenvalue weighted by Gasteiger charge is 2.34. The third-order valence-electron chi connectivity index (χ3n) is 3.37. The molecule has 0 saturated heterocycles. The predicted octanol–water partition coefficient (Wildman–Crippen LogP) is 5.40. The molecular weight excluding hydrogens is 309 g/mol. The number of hydrogen-bond acceptors (Lipinski definition) is 2. The van der Waals surface area contributed by atoms with Gasteiger partial charge in [0.25, 0.3) is 0 Å². The van der Waals surface area contributed by atoms with Gasteiger partial charge in [-0.1, -0.05) is 48.0 Å². The van der Waals surface area contributed by atoms with E-state index in [0.29, 0.717) is 16.9 Å². The molecular formula is C17H13F3OS. The Morgan fingerprint density at radius 3 is 2.36 bits per heavy atom. The summed E-state index contributed by atoms with van der Waals surface area (Å²) < 4.78 is 44.0. The van der Waals surface area contributed by atoms with E-state index in [-0.39, 0.29) is 23.3 Å². The van der Waals surface area contributed by atoms with Gasteiger partial charge in [0, 0.05) is 16.0 Å². The zero-order valence-corrected chi connectivity index (χ0v) is 12.6. The smallest absolute Gasteiger partial charge is 0.446 e. The van der Waals surface area contributed by atoms with Gasteiger partial charge in [0.1, 0.15) is 12.4 Å². The highest BCUT2D eigenvalue weighted by atomic mass is 32.2. The molecule has 0 aromatic heterocycles. The predicted molar refractivity (Wildman–Crippen MR) is 82.8 cm³/mol. The van der Waals surface area contributed by atoms with Crippen molar-refractivity contribution in [2.24, 2.45) is 0 Å². The van der Waals surface area contributed by atoms with Crippen molar-refractivity contribution in [3.63, 3.8) is 0 Å². The first kappa shape index (κ1) is 15.0. The Bertz CT molecular complexity index is 717. The number of thioether (sulfide) groups is 1. The van der Waals surface area contributed by atoms with Gasteiger partial charge in [-0.3, -0.25) is 0 Å². The van der Waals surface area contributed by atoms with E-state index in [1.807, 2.05) is 37.3 Å². The van der Waals surface area contributed by atoms with E-state index in [2.05, 4.69) is 0 Å². The van der Waals surface area contributed by atoms with E-state index >= 15 is 0 Å². The van der Waals surface area contributed by atoms with E-state index in [1.165, 1.54) is 0 Å². The highest BCUT2D eigenvalue weighted by molar-refractivity contribution is 8.04. The van der Waals surface area contributed by atoms with Crippen LogP contribution in [0.2, 0.25) is 0 Å². The van der Waals surface area contributed by atoms with E-state index in [9.17, 15) is 13.2 Å². The first-order valence-corrected chi connectivity index (χ1v) is 7.54. The maximum atomic E-state index is 12.8. The summed E-state index contributed by atoms with van der Waals surface area (Å²) in [6.07, 6.45) is 0. The van der Waals surface area contributed by atoms with Crippen LogP contribution in [-0.4, -0.2) is 12.1 Å². The molecule has 0 bridgehead atoms. The molecule has 0 atom stereocenters. The molecule has 1 aliphatic heterocycles. The van der Waals surface area contributed by atoms with Crippen molar-refractivity contribution >= 4 is 17.3 Å². The zero-order valence-electron chi connectivity index (χ0n) is 11.8. The summed E-state index contributed by atoms with van der Waals surface area (Å²) in [5.74, 6) is 0.615. The molecule has 114 valence electrons. The van der Waals surface area contributed by atoms with E-state index < -0.39 is 5.51 Å². The lowest BCUT2D eigenvalue weighted by molar-refractivity contribution is -0.0323. The van der Waals surface area contributed by atoms with Crippen molar-refractivity contribution in [2.75, 3.05) is 6.61 Å². The van der Waals surface area contributed by atoms with Crippen LogP contribution in [0.3, 0.4) is 0 Å². The number of benzene rings is 2. The fourth-order valence-corrected chi connectivity index (χ4v) is 3.15. The fourth-order valence-electron chi connectivity index (χ4n) is 2.42. The molecule has 0 saturated carbocycles. The summed E-state index contributed by atoms with van der Waals surface area (Å²) in [6, 6.07) is 14.7. The Labute approximate surface area is 130 Å². The maximum absolute atomic E-state index is 12.8. The largest absolute Gasteiger partial charge is 0.488 e. The third-order valence-corrected chi connectivity index (χ3v) is 4.17. The molecule has 0 fully saturated rings. The average Bonchev–Trinajstić information content (AvgIpc) is 2.47. The molecule has 0 aliphatic carbocycles. The molecule has 5 heteroatoms. The lowest BCUT2D eigenvalue weighted by atomic mass is 9.95. The fraction of sp³-hybridized carbons (Fsp3) is 0.176. The second-order valence-electron chi connectivity index (χ2n) is 5.00. The number of hydrogen-bond donors (Lipinski definition) is 0. The highest BCUT2D eigenvalue weighted by Crippen LogP contribution is 2.46. The van der Waals surface area contributed by atoms with Crippen molar-refractivity contribution in [2.45, 2.75) is 12.4 Å². The lowest BCUT2D eigenvalue weighted by Gasteiger charge is -2.24. The Balaban J connectivity index is 2.16. The average molecular weight is 322 g/mol. The number of aryl methyl sites for hydroxylation is 1. The van der Waals surface area contributed by atoms with Crippen LogP contribution in [0.25, 0.3) is 5.57 Å². The molecule has 1 nitrogen and oxygen atoms in total. The maximum Gasteiger partial charge on any atom is 0.446 e. The minimum Gasteiger partial charge on any atom is -0.488 e. The van der Waals surface area contributed by atoms with Gasteiger partial charge < -0.3 is 4.74 Å². The quantitative estimate of drug-likeness (QED) is 0.732. The van der Waals surface area contributed by atoms with Crippen molar-refractivity contribution in [1.82, 2.24) is 0 Å². The van der Waals surface area contributed by atoms with Crippen LogP contribution in [0.15, 0.2) is 53.4 Å². The molecule has 0 unspecified atom stereocenters. The number of ether oxygens (including phenoxy) is 1. The van der Waals surface area contributed by atoms with Gasteiger partial charge in [-0.2, -0.15) is 13.2 Å². The Morgan fingerprint density at radius 2 is 1.68 bits per heavy atom. The molecule has 0 amide bonds. The van der Waals surface area contributed by atoms with Crippen molar-refractivity contribution < 1.29 is 17.9 Å². The number of rotatable bonds is 2. The second-order valence-corrected chi connectivity index (χ2v) is 6.16. The van der Waals surface area contributed by atoms with Gasteiger partial charge in [-0.15, -0.1) is 0 Å². The molecule has 0 spiro atoms. The minimum absolute atomic E-state index is 0.0651. The number of alkyl halides is 3. The van der Waals surface area contributed by atoms with E-state index in [1.54, 1.807) is 18.2 Å². The lowest BCUT2D eigenvalue weighted by Crippen LogP contribution is -2.13. The van der Waals surface area contributed by atoms with E-state index in [4.69, 9.17) is 4.74 Å². The third kappa shape index (κ3) is 3.14. The summed E-state index contributed by atoms with van der Waals surface area (Å²) in [5.41, 5.74) is -1.20. The topological polar surface area (TPSA) is 9.23 Å². The number of para-hydroxylation sites is 1. The number of halogens is 3. The van der Waals surface area contributed by atoms with Crippen LogP contribution in [0, 0.1) is 6.92 Å². The van der Waals surface area contributed by atoms with Crippen LogP contribution in [0.4, 0.5) is 13.2 Å². The molecule has 1 aliphatic rings. The molecule has 0 N–H and O–H groups in total. The molecule has 3 rings (SSSR count). The normalized spacial score (nSPS) is 14.5. The summed E-state index contributed by atoms with van der Waals surface area (Å²) in [5, 5.41) is 0. The second kappa shape index (κ2) is 5.72. The van der Waals surface area contributed by atoms with Crippen LogP contribution in [0.1, 0.15) is 16.7 Å². The van der Waals surface area contributed by atoms with Crippen LogP contribution >= 0.6 is 11.8 Å². The van der Waals surface area contributed by atoms with Crippen LogP contribution in [0.5, 0.6) is 5.75 Å². The standard InChI is InChI=1S/C17H13F3OS/c1-11-6-8-12(9-7-11)16-13-4-2-3-5-14(13)21-10-15(16)22-17(18,19)20/h2-9H,10H2,1H3. The van der Waals surface area contributed by atoms with Gasteiger partial charge in [-0.25, -0.2) is 0 Å². The summed E-state index contributed by atoms with van der Waals surface area (Å²) in [4.78, 5) is 0.190. The summed E-state index contributed by atoms with van der Waals surface area (Å²) in [6.45, 7) is 1.88. The monoisotopic (exact) mass is 322 g/mol. The van der Waals surface area contributed by atoms with Gasteiger partial charge in [0.2, 0.25) is 0 Å². The Morgan fingerprint density at radius 1 is 1.00 bits per heavy atom. The molecule has 0 radical (unpaired) electrons. The SMILES string of the molecule is Cc1ccc(C2=C(SC(F)(F)F)COc3ccccc32)cc1. The van der Waals surface area contributed by atoms with Gasteiger partial charge >= 0.3 is 5.51 Å². The van der Waals surface area contributed by atoms with Gasteiger partial charge in [0.15, 0.2) is 0 Å². The van der Waals surface area contributed by atoms with Crippen LogP contribution < -0.4 is 4.74 Å². The summed E-state index contributed by atoms with van der Waals surface area (Å²) >= 11 is -0.0970. The van der Waals surface area contributed by atoms with Crippen molar-refractivity contribution in [3.8, 4) is 5.75 Å². The van der Waals surface area contributed by atoms with E-state index in [0.717, 1.165) is 11.1 Å². The Kier molecular flexibility index (Phi) is 3.91. The van der Waals surface area contributed by atoms with Crippen molar-refractivity contribution in [3.05, 3.63) is 70.1 Å². The van der Waals surface area contributed by atoms with Crippen molar-refractivity contribution in [1.29, 1.82) is 0 Å². The number of fused-ring (bicyclic) bond motifs is 1. The minimum atomic E-state index is -4.33. The van der Waals surface area contributed by atoms with Gasteiger partial charge in [0.05, 0.1) is 0 Å². The molecule has 2 aromatic carbocycles. The Hall–Kier alpha value is -1.88. The first-order valence-electron chi connectivity index (χ1n) is 6.72. The van der Waals surface area contributed by atoms with Gasteiger partial charge in [-0.05, 0) is 30.3 Å².